The molecule has 1 aliphatic rings. The predicted octanol–water partition coefficient (Wildman–Crippen LogP) is 0.953. The standard InChI is InChI=1S/C21H25N5O5S/c22-18(23)14-3-5-15(6-4-14)31-10-2-1-7-25-8-9-26(20(28)19(25)27)17(21(29)30)11-16-12-24-13-32-16/h3-6,12-13,17H,1-2,7-11H2,(H3,22,23)(H,29,30). The molecule has 1 fully saturated rings. The number of nitrogens with one attached hydrogen (secondary N) is 1. The summed E-state index contributed by atoms with van der Waals surface area (Å²) >= 11 is 1.32. The van der Waals surface area contributed by atoms with E-state index in [1.807, 2.05) is 0 Å². The molecule has 10 nitrogen and oxygen atoms in total. The summed E-state index contributed by atoms with van der Waals surface area (Å²) < 4.78 is 5.64. The number of nitrogens with two attached hydrogens (primary N) is 1. The zero-order valence-electron chi connectivity index (χ0n) is 17.4. The van der Waals surface area contributed by atoms with E-state index in [2.05, 4.69) is 4.98 Å². The minimum Gasteiger partial charge on any atom is -0.494 e. The maximum absolute atomic E-state index is 12.6. The maximum Gasteiger partial charge on any atom is 0.326 e. The number of thiazole rings is 1. The molecule has 0 spiro atoms. The van der Waals surface area contributed by atoms with Crippen molar-refractivity contribution in [1.29, 1.82) is 5.41 Å². The van der Waals surface area contributed by atoms with Crippen LogP contribution in [0.4, 0.5) is 0 Å². The number of amides is 2. The molecule has 0 saturated carbocycles. The van der Waals surface area contributed by atoms with Crippen molar-refractivity contribution in [1.82, 2.24) is 14.8 Å². The lowest BCUT2D eigenvalue weighted by molar-refractivity contribution is -0.162. The first kappa shape index (κ1) is 23.2. The Labute approximate surface area is 189 Å². The van der Waals surface area contributed by atoms with Crippen LogP contribution in [-0.2, 0) is 20.8 Å². The minimum atomic E-state index is -1.14. The molecule has 0 radical (unpaired) electrons. The SMILES string of the molecule is N=C(N)c1ccc(OCCCCN2CCN(C(Cc3cncs3)C(=O)O)C(=O)C2=O)cc1. The van der Waals surface area contributed by atoms with Crippen molar-refractivity contribution in [2.45, 2.75) is 25.3 Å². The Hall–Kier alpha value is -3.47. The van der Waals surface area contributed by atoms with Crippen molar-refractivity contribution in [3.63, 3.8) is 0 Å². The van der Waals surface area contributed by atoms with Crippen LogP contribution in [0.5, 0.6) is 5.75 Å². The van der Waals surface area contributed by atoms with Crippen molar-refractivity contribution >= 4 is 35.0 Å². The van der Waals surface area contributed by atoms with Gasteiger partial charge < -0.3 is 25.4 Å². The lowest BCUT2D eigenvalue weighted by Gasteiger charge is -2.36. The zero-order valence-corrected chi connectivity index (χ0v) is 18.2. The van der Waals surface area contributed by atoms with Gasteiger partial charge >= 0.3 is 17.8 Å². The number of piperazine rings is 1. The summed E-state index contributed by atoms with van der Waals surface area (Å²) in [4.78, 5) is 44.1. The fourth-order valence-corrected chi connectivity index (χ4v) is 4.02. The molecular formula is C21H25N5O5S. The van der Waals surface area contributed by atoms with E-state index in [9.17, 15) is 19.5 Å². The van der Waals surface area contributed by atoms with Gasteiger partial charge in [-0.3, -0.25) is 20.0 Å². The van der Waals surface area contributed by atoms with E-state index < -0.39 is 23.8 Å². The van der Waals surface area contributed by atoms with Gasteiger partial charge in [0, 0.05) is 42.7 Å². The molecule has 1 unspecified atom stereocenters. The summed E-state index contributed by atoms with van der Waals surface area (Å²) in [5, 5.41) is 16.9. The van der Waals surface area contributed by atoms with E-state index in [0.717, 1.165) is 9.78 Å². The summed E-state index contributed by atoms with van der Waals surface area (Å²) in [7, 11) is 0. The molecule has 2 aromatic rings. The van der Waals surface area contributed by atoms with Crippen molar-refractivity contribution < 1.29 is 24.2 Å². The van der Waals surface area contributed by atoms with Crippen molar-refractivity contribution in [2.24, 2.45) is 5.73 Å². The number of nitrogen functional groups attached to an aromatic ring is 1. The summed E-state index contributed by atoms with van der Waals surface area (Å²) in [6, 6.07) is 5.81. The molecule has 0 aliphatic carbocycles. The number of unbranched alkanes of at least 4 members (excludes halogenated alkanes) is 1. The number of ether oxygens (including phenoxy) is 1. The van der Waals surface area contributed by atoms with Gasteiger partial charge in [0.05, 0.1) is 12.1 Å². The molecule has 1 atom stereocenters. The van der Waals surface area contributed by atoms with E-state index >= 15 is 0 Å². The second-order valence-electron chi connectivity index (χ2n) is 7.31. The summed E-state index contributed by atoms with van der Waals surface area (Å²) in [5.41, 5.74) is 7.64. The third-order valence-corrected chi connectivity index (χ3v) is 5.94. The average molecular weight is 460 g/mol. The van der Waals surface area contributed by atoms with Gasteiger partial charge in [0.2, 0.25) is 0 Å². The molecular weight excluding hydrogens is 434 g/mol. The first-order valence-electron chi connectivity index (χ1n) is 10.1. The van der Waals surface area contributed by atoms with Crippen LogP contribution in [0, 0.1) is 5.41 Å². The van der Waals surface area contributed by atoms with Crippen LogP contribution in [0.1, 0.15) is 23.3 Å². The Morgan fingerprint density at radius 1 is 1.22 bits per heavy atom. The Kier molecular flexibility index (Phi) is 7.77. The molecule has 170 valence electrons. The molecule has 2 amide bonds. The van der Waals surface area contributed by atoms with E-state index in [0.29, 0.717) is 43.9 Å². The summed E-state index contributed by atoms with van der Waals surface area (Å²) in [6.45, 7) is 1.32. The third kappa shape index (κ3) is 5.82. The summed E-state index contributed by atoms with van der Waals surface area (Å²) in [5.74, 6) is -1.94. The van der Waals surface area contributed by atoms with Crippen LogP contribution < -0.4 is 10.5 Å². The highest BCUT2D eigenvalue weighted by Gasteiger charge is 2.39. The van der Waals surface area contributed by atoms with E-state index in [1.54, 1.807) is 36.0 Å². The lowest BCUT2D eigenvalue weighted by Crippen LogP contribution is -2.59. The molecule has 11 heteroatoms. The second kappa shape index (κ2) is 10.7. The van der Waals surface area contributed by atoms with Gasteiger partial charge in [0.15, 0.2) is 0 Å². The molecule has 4 N–H and O–H groups in total. The van der Waals surface area contributed by atoms with Gasteiger partial charge in [-0.05, 0) is 37.1 Å². The Morgan fingerprint density at radius 2 is 1.97 bits per heavy atom. The monoisotopic (exact) mass is 459 g/mol. The first-order chi connectivity index (χ1) is 15.4. The highest BCUT2D eigenvalue weighted by atomic mass is 32.1. The Balaban J connectivity index is 1.44. The van der Waals surface area contributed by atoms with E-state index in [4.69, 9.17) is 15.9 Å². The number of benzene rings is 1. The van der Waals surface area contributed by atoms with Crippen LogP contribution >= 0.6 is 11.3 Å². The molecule has 1 aromatic heterocycles. The number of hydrogen-bond acceptors (Lipinski definition) is 7. The van der Waals surface area contributed by atoms with Gasteiger partial charge in [-0.15, -0.1) is 11.3 Å². The number of aromatic nitrogens is 1. The molecule has 1 aromatic carbocycles. The van der Waals surface area contributed by atoms with Crippen LogP contribution in [-0.4, -0.2) is 75.8 Å². The largest absolute Gasteiger partial charge is 0.494 e. The highest BCUT2D eigenvalue weighted by Crippen LogP contribution is 2.17. The zero-order chi connectivity index (χ0) is 23.1. The normalized spacial score (nSPS) is 15.0. The van der Waals surface area contributed by atoms with Crippen molar-refractivity contribution in [3.8, 4) is 5.75 Å². The number of aliphatic carboxylic acids is 1. The Bertz CT molecular complexity index is 963. The molecule has 3 rings (SSSR count). The lowest BCUT2D eigenvalue weighted by atomic mass is 10.1. The number of carbonyl (C=O) groups excluding carboxylic acids is 2. The Morgan fingerprint density at radius 3 is 2.59 bits per heavy atom. The summed E-state index contributed by atoms with van der Waals surface area (Å²) in [6.07, 6.45) is 3.03. The van der Waals surface area contributed by atoms with E-state index in [-0.39, 0.29) is 18.8 Å². The van der Waals surface area contributed by atoms with Gasteiger partial charge in [0.1, 0.15) is 17.6 Å². The molecule has 2 heterocycles. The molecule has 32 heavy (non-hydrogen) atoms. The number of rotatable bonds is 11. The number of carboxylic acids is 1. The van der Waals surface area contributed by atoms with Crippen LogP contribution in [0.15, 0.2) is 36.0 Å². The van der Waals surface area contributed by atoms with Gasteiger partial charge in [0.25, 0.3) is 0 Å². The van der Waals surface area contributed by atoms with Crippen molar-refractivity contribution in [3.05, 3.63) is 46.4 Å². The van der Waals surface area contributed by atoms with Gasteiger partial charge in [-0.1, -0.05) is 0 Å². The number of carboxylic acid groups (broad SMARTS) is 1. The van der Waals surface area contributed by atoms with Crippen molar-refractivity contribution in [2.75, 3.05) is 26.2 Å². The second-order valence-corrected chi connectivity index (χ2v) is 8.28. The topological polar surface area (TPSA) is 150 Å². The van der Waals surface area contributed by atoms with Gasteiger partial charge in [-0.2, -0.15) is 0 Å². The number of nitrogens with zero attached hydrogens (tertiary/aromatic N) is 3. The van der Waals surface area contributed by atoms with Crippen LogP contribution in [0.25, 0.3) is 0 Å². The molecule has 1 saturated heterocycles. The third-order valence-electron chi connectivity index (χ3n) is 5.14. The van der Waals surface area contributed by atoms with Crippen LogP contribution in [0.3, 0.4) is 0 Å². The maximum atomic E-state index is 12.6. The fraction of sp³-hybridized carbons (Fsp3) is 0.381. The minimum absolute atomic E-state index is 0.00549. The number of amidine groups is 1. The molecule has 0 bridgehead atoms. The number of carbonyl (C=O) groups is 3. The van der Waals surface area contributed by atoms with E-state index in [1.165, 1.54) is 16.2 Å². The fourth-order valence-electron chi connectivity index (χ4n) is 3.39. The van der Waals surface area contributed by atoms with Crippen LogP contribution in [0.2, 0.25) is 0 Å². The quantitative estimate of drug-likeness (QED) is 0.196. The smallest absolute Gasteiger partial charge is 0.326 e. The highest BCUT2D eigenvalue weighted by molar-refractivity contribution is 7.09. The van der Waals surface area contributed by atoms with Gasteiger partial charge in [-0.25, -0.2) is 4.79 Å². The number of hydrogen-bond donors (Lipinski definition) is 3. The predicted molar refractivity (Wildman–Crippen MR) is 118 cm³/mol. The first-order valence-corrected chi connectivity index (χ1v) is 11.0. The molecule has 1 aliphatic heterocycles. The average Bonchev–Trinajstić information content (AvgIpc) is 3.28.